The van der Waals surface area contributed by atoms with E-state index in [4.69, 9.17) is 9.47 Å². The number of hydrogen-bond acceptors (Lipinski definition) is 2. The fourth-order valence-corrected chi connectivity index (χ4v) is 2.23. The molecule has 0 aromatic heterocycles. The van der Waals surface area contributed by atoms with Crippen LogP contribution in [0.1, 0.15) is 0 Å². The average molecular weight is 392 g/mol. The van der Waals surface area contributed by atoms with Crippen molar-refractivity contribution in [1.82, 2.24) is 0 Å². The van der Waals surface area contributed by atoms with E-state index < -0.39 is 0 Å². The molecule has 4 rings (SSSR count). The first kappa shape index (κ1) is 20.3. The number of para-hydroxylation sites is 4. The third-order valence-corrected chi connectivity index (χ3v) is 3.44. The molecule has 2 nitrogen and oxygen atoms in total. The van der Waals surface area contributed by atoms with E-state index in [9.17, 15) is 0 Å². The summed E-state index contributed by atoms with van der Waals surface area (Å²) in [5, 5.41) is 0. The molecule has 0 aliphatic rings. The topological polar surface area (TPSA) is 18.5 Å². The summed E-state index contributed by atoms with van der Waals surface area (Å²) in [5.74, 6) is 3.48. The average Bonchev–Trinajstić information content (AvgIpc) is 2.72. The van der Waals surface area contributed by atoms with Gasteiger partial charge in [0.15, 0.2) is 0 Å². The summed E-state index contributed by atoms with van der Waals surface area (Å²) >= 11 is 0. The predicted octanol–water partition coefficient (Wildman–Crippen LogP) is 6.96. The van der Waals surface area contributed by atoms with Crippen molar-refractivity contribution in [1.29, 1.82) is 0 Å². The summed E-state index contributed by atoms with van der Waals surface area (Å²) < 4.78 is 11.2. The van der Waals surface area contributed by atoms with Crippen molar-refractivity contribution < 1.29 is 26.8 Å². The molecule has 0 fully saturated rings. The minimum atomic E-state index is 0. The maximum absolute atomic E-state index is 5.58. The zero-order chi connectivity index (χ0) is 17.9. The van der Waals surface area contributed by atoms with Crippen molar-refractivity contribution in [3.8, 4) is 23.0 Å². The van der Waals surface area contributed by atoms with E-state index in [0.717, 1.165) is 23.0 Å². The molecule has 0 heterocycles. The Morgan fingerprint density at radius 2 is 0.481 bits per heavy atom. The smallest absolute Gasteiger partial charge is 0.127 e. The maximum atomic E-state index is 5.58. The molecule has 27 heavy (non-hydrogen) atoms. The Morgan fingerprint density at radius 1 is 0.296 bits per heavy atom. The molecular weight excluding hydrogens is 372 g/mol. The Hall–Kier alpha value is -2.99. The van der Waals surface area contributed by atoms with E-state index >= 15 is 0 Å². The van der Waals surface area contributed by atoms with Crippen molar-refractivity contribution in [2.45, 2.75) is 0 Å². The molecule has 0 spiro atoms. The predicted molar refractivity (Wildman–Crippen MR) is 106 cm³/mol. The second-order valence-electron chi connectivity index (χ2n) is 5.46. The normalized spacial score (nSPS) is 9.19. The van der Waals surface area contributed by atoms with Crippen LogP contribution in [0.5, 0.6) is 23.0 Å². The molecule has 0 amide bonds. The quantitative estimate of drug-likeness (QED) is 0.374. The van der Waals surface area contributed by atoms with Crippen molar-refractivity contribution in [3.63, 3.8) is 0 Å². The van der Waals surface area contributed by atoms with E-state index in [-0.39, 0.29) is 17.4 Å². The van der Waals surface area contributed by atoms with Crippen LogP contribution in [0.4, 0.5) is 0 Å². The summed E-state index contributed by atoms with van der Waals surface area (Å²) in [6, 6.07) is 39.0. The third kappa shape index (κ3) is 7.42. The molecule has 134 valence electrons. The van der Waals surface area contributed by atoms with Crippen LogP contribution < -0.4 is 9.47 Å². The van der Waals surface area contributed by atoms with Gasteiger partial charge in [0.05, 0.1) is 0 Å². The van der Waals surface area contributed by atoms with E-state index in [0.29, 0.717) is 0 Å². The van der Waals surface area contributed by atoms with Gasteiger partial charge in [-0.05, 0) is 48.5 Å². The van der Waals surface area contributed by atoms with Crippen molar-refractivity contribution in [2.24, 2.45) is 0 Å². The van der Waals surface area contributed by atoms with Gasteiger partial charge in [0.1, 0.15) is 23.0 Å². The van der Waals surface area contributed by atoms with E-state index in [1.54, 1.807) is 0 Å². The van der Waals surface area contributed by atoms with E-state index in [1.807, 2.05) is 121 Å². The van der Waals surface area contributed by atoms with Gasteiger partial charge in [0.25, 0.3) is 0 Å². The Bertz CT molecular complexity index is 715. The van der Waals surface area contributed by atoms with Gasteiger partial charge in [-0.1, -0.05) is 72.8 Å². The minimum absolute atomic E-state index is 0. The van der Waals surface area contributed by atoms with Crippen LogP contribution in [0.25, 0.3) is 0 Å². The molecule has 0 radical (unpaired) electrons. The first-order valence-electron chi connectivity index (χ1n) is 8.46. The molecule has 0 saturated heterocycles. The van der Waals surface area contributed by atoms with E-state index in [1.165, 1.54) is 0 Å². The maximum Gasteiger partial charge on any atom is 0.127 e. The van der Waals surface area contributed by atoms with Gasteiger partial charge in [0.2, 0.25) is 0 Å². The molecule has 3 heteroatoms. The van der Waals surface area contributed by atoms with Crippen molar-refractivity contribution >= 4 is 0 Å². The second kappa shape index (κ2) is 11.6. The summed E-state index contributed by atoms with van der Waals surface area (Å²) in [6.07, 6.45) is 0. The molecule has 0 bridgehead atoms. The first-order chi connectivity index (χ1) is 12.9. The Morgan fingerprint density at radius 3 is 0.667 bits per heavy atom. The zero-order valence-corrected chi connectivity index (χ0v) is 16.0. The largest absolute Gasteiger partial charge is 0.457 e. The van der Waals surface area contributed by atoms with Crippen LogP contribution in [0.2, 0.25) is 0 Å². The molecule has 0 aliphatic carbocycles. The van der Waals surface area contributed by atoms with Gasteiger partial charge in [0, 0.05) is 17.4 Å². The molecular formula is C24H20CrO2. The summed E-state index contributed by atoms with van der Waals surface area (Å²) in [6.45, 7) is 0. The molecule has 0 unspecified atom stereocenters. The minimum Gasteiger partial charge on any atom is -0.457 e. The summed E-state index contributed by atoms with van der Waals surface area (Å²) in [5.41, 5.74) is 0. The van der Waals surface area contributed by atoms with Crippen LogP contribution in [-0.2, 0) is 17.4 Å². The summed E-state index contributed by atoms with van der Waals surface area (Å²) in [7, 11) is 0. The standard InChI is InChI=1S/2C12H10O.Cr/c2*1-3-7-11(8-4-1)13-12-9-5-2-6-10-12;/h2*1-10H;. The molecule has 0 N–H and O–H groups in total. The molecule has 0 saturated carbocycles. The Labute approximate surface area is 171 Å². The van der Waals surface area contributed by atoms with Crippen LogP contribution in [0.3, 0.4) is 0 Å². The van der Waals surface area contributed by atoms with Crippen LogP contribution in [0, 0.1) is 0 Å². The molecule has 0 atom stereocenters. The van der Waals surface area contributed by atoms with Crippen molar-refractivity contribution in [3.05, 3.63) is 121 Å². The van der Waals surface area contributed by atoms with Crippen LogP contribution >= 0.6 is 0 Å². The third-order valence-electron chi connectivity index (χ3n) is 3.44. The van der Waals surface area contributed by atoms with Gasteiger partial charge < -0.3 is 9.47 Å². The van der Waals surface area contributed by atoms with Crippen LogP contribution in [0.15, 0.2) is 121 Å². The molecule has 4 aromatic carbocycles. The SMILES string of the molecule is [Cr].c1ccc(Oc2ccccc2)cc1.c1ccc(Oc2ccccc2)cc1. The molecule has 4 aromatic rings. The van der Waals surface area contributed by atoms with Gasteiger partial charge in [-0.3, -0.25) is 0 Å². The number of benzene rings is 4. The van der Waals surface area contributed by atoms with E-state index in [2.05, 4.69) is 0 Å². The number of hydrogen-bond donors (Lipinski definition) is 0. The van der Waals surface area contributed by atoms with Gasteiger partial charge in [-0.15, -0.1) is 0 Å². The van der Waals surface area contributed by atoms with Crippen LogP contribution in [-0.4, -0.2) is 0 Å². The Kier molecular flexibility index (Phi) is 8.73. The fourth-order valence-electron chi connectivity index (χ4n) is 2.23. The fraction of sp³-hybridized carbons (Fsp3) is 0. The van der Waals surface area contributed by atoms with Crippen molar-refractivity contribution in [2.75, 3.05) is 0 Å². The molecule has 0 aliphatic heterocycles. The summed E-state index contributed by atoms with van der Waals surface area (Å²) in [4.78, 5) is 0. The zero-order valence-electron chi connectivity index (χ0n) is 14.8. The number of rotatable bonds is 4. The number of ether oxygens (including phenoxy) is 2. The monoisotopic (exact) mass is 392 g/mol. The first-order valence-corrected chi connectivity index (χ1v) is 8.46. The van der Waals surface area contributed by atoms with Gasteiger partial charge in [-0.2, -0.15) is 0 Å². The Balaban J connectivity index is 0.000000187. The van der Waals surface area contributed by atoms with Gasteiger partial charge in [-0.25, -0.2) is 0 Å². The second-order valence-corrected chi connectivity index (χ2v) is 5.46. The van der Waals surface area contributed by atoms with Gasteiger partial charge >= 0.3 is 0 Å².